The van der Waals surface area contributed by atoms with E-state index in [0.29, 0.717) is 5.69 Å². The molecular weight excluding hydrogens is 329 g/mol. The molecule has 2 aromatic rings. The standard InChI is InChI=1S/C13H10INO2/c14-11-6-7-12(15-8-11)13(16)17-9-10-4-2-1-3-5-10/h1-8H,9H2. The zero-order chi connectivity index (χ0) is 12.1. The normalized spacial score (nSPS) is 9.94. The number of pyridine rings is 1. The number of aromatic nitrogens is 1. The maximum absolute atomic E-state index is 11.6. The van der Waals surface area contributed by atoms with Crippen LogP contribution in [0.5, 0.6) is 0 Å². The van der Waals surface area contributed by atoms with Crippen molar-refractivity contribution in [3.8, 4) is 0 Å². The van der Waals surface area contributed by atoms with Crippen LogP contribution in [0.3, 0.4) is 0 Å². The van der Waals surface area contributed by atoms with Gasteiger partial charge in [0, 0.05) is 9.77 Å². The second-order valence-electron chi connectivity index (χ2n) is 3.42. The van der Waals surface area contributed by atoms with Crippen LogP contribution in [0, 0.1) is 3.57 Å². The maximum atomic E-state index is 11.6. The summed E-state index contributed by atoms with van der Waals surface area (Å²) in [6, 6.07) is 13.1. The van der Waals surface area contributed by atoms with E-state index >= 15 is 0 Å². The van der Waals surface area contributed by atoms with Gasteiger partial charge in [-0.3, -0.25) is 0 Å². The minimum Gasteiger partial charge on any atom is -0.456 e. The Labute approximate surface area is 113 Å². The Morgan fingerprint density at radius 2 is 1.94 bits per heavy atom. The number of nitrogens with zero attached hydrogens (tertiary/aromatic N) is 1. The summed E-state index contributed by atoms with van der Waals surface area (Å²) in [5, 5.41) is 0. The zero-order valence-corrected chi connectivity index (χ0v) is 11.1. The Balaban J connectivity index is 1.96. The highest BCUT2D eigenvalue weighted by molar-refractivity contribution is 14.1. The summed E-state index contributed by atoms with van der Waals surface area (Å²) in [7, 11) is 0. The summed E-state index contributed by atoms with van der Waals surface area (Å²) < 4.78 is 6.14. The molecule has 0 N–H and O–H groups in total. The number of halogens is 1. The fraction of sp³-hybridized carbons (Fsp3) is 0.0769. The largest absolute Gasteiger partial charge is 0.456 e. The molecule has 0 saturated carbocycles. The van der Waals surface area contributed by atoms with Gasteiger partial charge in [0.15, 0.2) is 0 Å². The first-order chi connectivity index (χ1) is 8.25. The van der Waals surface area contributed by atoms with E-state index in [-0.39, 0.29) is 6.61 Å². The van der Waals surface area contributed by atoms with E-state index in [1.165, 1.54) is 0 Å². The molecule has 0 aliphatic carbocycles. The molecule has 0 spiro atoms. The lowest BCUT2D eigenvalue weighted by Crippen LogP contribution is -2.07. The highest BCUT2D eigenvalue weighted by Crippen LogP contribution is 2.06. The van der Waals surface area contributed by atoms with Crippen molar-refractivity contribution in [2.75, 3.05) is 0 Å². The number of hydrogen-bond acceptors (Lipinski definition) is 3. The maximum Gasteiger partial charge on any atom is 0.357 e. The van der Waals surface area contributed by atoms with Gasteiger partial charge in [0.25, 0.3) is 0 Å². The van der Waals surface area contributed by atoms with Gasteiger partial charge in [-0.25, -0.2) is 9.78 Å². The number of rotatable bonds is 3. The third kappa shape index (κ3) is 3.52. The molecular formula is C13H10INO2. The fourth-order valence-electron chi connectivity index (χ4n) is 1.29. The molecule has 1 aromatic heterocycles. The van der Waals surface area contributed by atoms with Crippen LogP contribution in [0.15, 0.2) is 48.7 Å². The second kappa shape index (κ2) is 5.77. The van der Waals surface area contributed by atoms with Crippen molar-refractivity contribution in [2.45, 2.75) is 6.61 Å². The van der Waals surface area contributed by atoms with Gasteiger partial charge in [-0.2, -0.15) is 0 Å². The highest BCUT2D eigenvalue weighted by Gasteiger charge is 2.08. The lowest BCUT2D eigenvalue weighted by Gasteiger charge is -2.04. The first kappa shape index (κ1) is 12.0. The molecule has 0 aliphatic heterocycles. The molecule has 0 atom stereocenters. The zero-order valence-electron chi connectivity index (χ0n) is 8.97. The first-order valence-corrected chi connectivity index (χ1v) is 6.16. The van der Waals surface area contributed by atoms with Gasteiger partial charge in [-0.15, -0.1) is 0 Å². The van der Waals surface area contributed by atoms with Crippen molar-refractivity contribution >= 4 is 28.6 Å². The van der Waals surface area contributed by atoms with E-state index in [2.05, 4.69) is 27.6 Å². The number of esters is 1. The van der Waals surface area contributed by atoms with Gasteiger partial charge in [0.2, 0.25) is 0 Å². The summed E-state index contributed by atoms with van der Waals surface area (Å²) in [6.45, 7) is 0.271. The third-order valence-electron chi connectivity index (χ3n) is 2.15. The van der Waals surface area contributed by atoms with Crippen LogP contribution in [0.2, 0.25) is 0 Å². The molecule has 0 amide bonds. The Morgan fingerprint density at radius 3 is 2.59 bits per heavy atom. The molecule has 0 fully saturated rings. The smallest absolute Gasteiger partial charge is 0.357 e. The minimum absolute atomic E-state index is 0.271. The Hall–Kier alpha value is -1.43. The lowest BCUT2D eigenvalue weighted by molar-refractivity contribution is 0.0465. The van der Waals surface area contributed by atoms with Gasteiger partial charge in [-0.05, 0) is 40.3 Å². The number of hydrogen-bond donors (Lipinski definition) is 0. The number of carbonyl (C=O) groups is 1. The summed E-state index contributed by atoms with van der Waals surface area (Å²) in [6.07, 6.45) is 1.64. The predicted molar refractivity (Wildman–Crippen MR) is 72.5 cm³/mol. The van der Waals surface area contributed by atoms with Gasteiger partial charge in [-0.1, -0.05) is 30.3 Å². The number of carbonyl (C=O) groups excluding carboxylic acids is 1. The fourth-order valence-corrected chi connectivity index (χ4v) is 1.61. The number of ether oxygens (including phenoxy) is 1. The first-order valence-electron chi connectivity index (χ1n) is 5.08. The van der Waals surface area contributed by atoms with E-state index < -0.39 is 5.97 Å². The van der Waals surface area contributed by atoms with Crippen molar-refractivity contribution in [1.82, 2.24) is 4.98 Å². The Morgan fingerprint density at radius 1 is 1.18 bits per heavy atom. The molecule has 2 rings (SSSR count). The van der Waals surface area contributed by atoms with Crippen molar-refractivity contribution in [2.24, 2.45) is 0 Å². The molecule has 0 radical (unpaired) electrons. The Kier molecular flexibility index (Phi) is 4.08. The SMILES string of the molecule is O=C(OCc1ccccc1)c1ccc(I)cn1. The van der Waals surface area contributed by atoms with Crippen LogP contribution in [0.1, 0.15) is 16.1 Å². The summed E-state index contributed by atoms with van der Waals surface area (Å²) in [5.74, 6) is -0.398. The van der Waals surface area contributed by atoms with Gasteiger partial charge in [0.1, 0.15) is 12.3 Å². The average Bonchev–Trinajstić information content (AvgIpc) is 2.38. The van der Waals surface area contributed by atoms with Crippen LogP contribution in [-0.2, 0) is 11.3 Å². The van der Waals surface area contributed by atoms with Crippen molar-refractivity contribution in [1.29, 1.82) is 0 Å². The Bertz CT molecular complexity index is 497. The quantitative estimate of drug-likeness (QED) is 0.637. The molecule has 0 unspecified atom stereocenters. The van der Waals surface area contributed by atoms with Gasteiger partial charge in [0.05, 0.1) is 0 Å². The second-order valence-corrected chi connectivity index (χ2v) is 4.67. The molecule has 1 heterocycles. The van der Waals surface area contributed by atoms with E-state index in [0.717, 1.165) is 9.13 Å². The average molecular weight is 339 g/mol. The van der Waals surface area contributed by atoms with Crippen molar-refractivity contribution < 1.29 is 9.53 Å². The van der Waals surface area contributed by atoms with Crippen LogP contribution in [0.25, 0.3) is 0 Å². The van der Waals surface area contributed by atoms with Crippen molar-refractivity contribution in [3.63, 3.8) is 0 Å². The van der Waals surface area contributed by atoms with Gasteiger partial charge >= 0.3 is 5.97 Å². The minimum atomic E-state index is -0.398. The van der Waals surface area contributed by atoms with Crippen LogP contribution in [-0.4, -0.2) is 11.0 Å². The molecule has 0 saturated heterocycles. The molecule has 0 bridgehead atoms. The van der Waals surface area contributed by atoms with E-state index in [9.17, 15) is 4.79 Å². The van der Waals surface area contributed by atoms with E-state index in [4.69, 9.17) is 4.74 Å². The topological polar surface area (TPSA) is 39.2 Å². The summed E-state index contributed by atoms with van der Waals surface area (Å²) in [5.41, 5.74) is 1.30. The molecule has 86 valence electrons. The highest BCUT2D eigenvalue weighted by atomic mass is 127. The van der Waals surface area contributed by atoms with E-state index in [1.54, 1.807) is 12.3 Å². The van der Waals surface area contributed by atoms with Crippen LogP contribution >= 0.6 is 22.6 Å². The van der Waals surface area contributed by atoms with Gasteiger partial charge < -0.3 is 4.74 Å². The van der Waals surface area contributed by atoms with Crippen LogP contribution in [0.4, 0.5) is 0 Å². The summed E-state index contributed by atoms with van der Waals surface area (Å²) >= 11 is 2.14. The number of benzene rings is 1. The van der Waals surface area contributed by atoms with Crippen molar-refractivity contribution in [3.05, 3.63) is 63.5 Å². The molecule has 3 nitrogen and oxygen atoms in total. The molecule has 1 aromatic carbocycles. The lowest BCUT2D eigenvalue weighted by atomic mass is 10.2. The van der Waals surface area contributed by atoms with E-state index in [1.807, 2.05) is 36.4 Å². The molecule has 17 heavy (non-hydrogen) atoms. The third-order valence-corrected chi connectivity index (χ3v) is 2.79. The molecule has 4 heteroatoms. The summed E-state index contributed by atoms with van der Waals surface area (Å²) in [4.78, 5) is 15.7. The molecule has 0 aliphatic rings. The predicted octanol–water partition coefficient (Wildman–Crippen LogP) is 3.04. The van der Waals surface area contributed by atoms with Crippen LogP contribution < -0.4 is 0 Å². The monoisotopic (exact) mass is 339 g/mol.